The lowest BCUT2D eigenvalue weighted by Crippen LogP contribution is -2.37. The number of benzene rings is 1. The van der Waals surface area contributed by atoms with Gasteiger partial charge in [-0.15, -0.1) is 0 Å². The van der Waals surface area contributed by atoms with Gasteiger partial charge in [-0.1, -0.05) is 24.3 Å². The third-order valence-corrected chi connectivity index (χ3v) is 3.34. The Bertz CT molecular complexity index is 397. The Morgan fingerprint density at radius 1 is 1.31 bits per heavy atom. The minimum atomic E-state index is 0.335. The summed E-state index contributed by atoms with van der Waals surface area (Å²) in [5, 5.41) is 0. The molecule has 1 aromatic rings. The maximum atomic E-state index is 4.56. The molecule has 2 nitrogen and oxygen atoms in total. The van der Waals surface area contributed by atoms with Gasteiger partial charge in [0.25, 0.3) is 0 Å². The minimum absolute atomic E-state index is 0.335. The topological polar surface area (TPSA) is 15.6 Å². The van der Waals surface area contributed by atoms with E-state index >= 15 is 0 Å². The molecule has 2 aliphatic rings. The van der Waals surface area contributed by atoms with Crippen LogP contribution in [0.1, 0.15) is 30.4 Å². The van der Waals surface area contributed by atoms with Crippen molar-refractivity contribution in [2.45, 2.75) is 31.8 Å². The van der Waals surface area contributed by atoms with Gasteiger partial charge >= 0.3 is 0 Å². The predicted molar refractivity (Wildman–Crippen MR) is 65.3 cm³/mol. The summed E-state index contributed by atoms with van der Waals surface area (Å²) in [6.45, 7) is 4.54. The van der Waals surface area contributed by atoms with Crippen LogP contribution in [0.5, 0.6) is 0 Å². The Balaban J connectivity index is 1.77. The highest BCUT2D eigenvalue weighted by molar-refractivity contribution is 5.58. The van der Waals surface area contributed by atoms with Crippen molar-refractivity contribution in [3.8, 4) is 0 Å². The van der Waals surface area contributed by atoms with Gasteiger partial charge in [0.15, 0.2) is 0 Å². The normalized spacial score (nSPS) is 25.4. The molecule has 2 radical (unpaired) electrons. The third-order valence-electron chi connectivity index (χ3n) is 3.34. The second kappa shape index (κ2) is 4.38. The molecule has 3 rings (SSSR count). The molecule has 2 aliphatic heterocycles. The monoisotopic (exact) mass is 212 g/mol. The average molecular weight is 212 g/mol. The van der Waals surface area contributed by atoms with E-state index in [0.717, 1.165) is 19.4 Å². The van der Waals surface area contributed by atoms with Crippen molar-refractivity contribution >= 4 is 6.21 Å². The van der Waals surface area contributed by atoms with E-state index in [9.17, 15) is 0 Å². The Morgan fingerprint density at radius 3 is 3.12 bits per heavy atom. The van der Waals surface area contributed by atoms with Crippen LogP contribution in [0, 0.1) is 6.54 Å². The first-order chi connectivity index (χ1) is 7.93. The van der Waals surface area contributed by atoms with Crippen molar-refractivity contribution in [1.82, 2.24) is 4.90 Å². The van der Waals surface area contributed by atoms with E-state index in [1.807, 2.05) is 0 Å². The zero-order valence-corrected chi connectivity index (χ0v) is 9.39. The summed E-state index contributed by atoms with van der Waals surface area (Å²) in [6, 6.07) is 8.53. The smallest absolute Gasteiger partial charge is 0.102 e. The third kappa shape index (κ3) is 1.90. The zero-order valence-electron chi connectivity index (χ0n) is 9.39. The van der Waals surface area contributed by atoms with Crippen LogP contribution in [-0.2, 0) is 6.42 Å². The van der Waals surface area contributed by atoms with E-state index in [-0.39, 0.29) is 0 Å². The molecule has 1 atom stereocenters. The van der Waals surface area contributed by atoms with Gasteiger partial charge in [-0.3, -0.25) is 9.89 Å². The lowest BCUT2D eigenvalue weighted by molar-refractivity contribution is 0.233. The summed E-state index contributed by atoms with van der Waals surface area (Å²) in [7, 11) is 0. The summed E-state index contributed by atoms with van der Waals surface area (Å²) < 4.78 is 0. The highest BCUT2D eigenvalue weighted by atomic mass is 15.2. The van der Waals surface area contributed by atoms with Crippen LogP contribution >= 0.6 is 0 Å². The number of rotatable bonds is 1. The van der Waals surface area contributed by atoms with Crippen molar-refractivity contribution in [2.24, 2.45) is 4.99 Å². The van der Waals surface area contributed by atoms with Gasteiger partial charge in [-0.25, -0.2) is 0 Å². The summed E-state index contributed by atoms with van der Waals surface area (Å²) in [6.07, 6.45) is 7.09. The molecule has 0 saturated carbocycles. The molecule has 0 bridgehead atoms. The first-order valence-corrected chi connectivity index (χ1v) is 6.06. The van der Waals surface area contributed by atoms with Crippen molar-refractivity contribution in [2.75, 3.05) is 6.54 Å². The summed E-state index contributed by atoms with van der Waals surface area (Å²) in [5.74, 6) is 0. The first-order valence-electron chi connectivity index (χ1n) is 6.06. The summed E-state index contributed by atoms with van der Waals surface area (Å²) in [4.78, 5) is 6.84. The average Bonchev–Trinajstić information content (AvgIpc) is 2.39. The maximum absolute atomic E-state index is 4.56. The van der Waals surface area contributed by atoms with E-state index in [2.05, 4.69) is 46.9 Å². The molecular weight excluding hydrogens is 196 g/mol. The fourth-order valence-corrected chi connectivity index (χ4v) is 2.42. The second-order valence-corrected chi connectivity index (χ2v) is 4.46. The van der Waals surface area contributed by atoms with Crippen LogP contribution in [0.25, 0.3) is 0 Å². The van der Waals surface area contributed by atoms with E-state index in [0.29, 0.717) is 6.17 Å². The molecule has 1 aromatic carbocycles. The van der Waals surface area contributed by atoms with E-state index < -0.39 is 0 Å². The molecule has 0 N–H and O–H groups in total. The van der Waals surface area contributed by atoms with Crippen molar-refractivity contribution in [1.29, 1.82) is 0 Å². The second-order valence-electron chi connectivity index (χ2n) is 4.46. The van der Waals surface area contributed by atoms with Gasteiger partial charge in [0.05, 0.1) is 6.54 Å². The number of nitrogens with zero attached hydrogens (tertiary/aromatic N) is 2. The molecule has 0 amide bonds. The SMILES string of the molecule is [C]1c2ccccc2CCN1C1CCCC=N1. The van der Waals surface area contributed by atoms with Crippen molar-refractivity contribution in [3.63, 3.8) is 0 Å². The van der Waals surface area contributed by atoms with Crippen molar-refractivity contribution < 1.29 is 0 Å². The molecule has 0 saturated heterocycles. The zero-order chi connectivity index (χ0) is 10.8. The predicted octanol–water partition coefficient (Wildman–Crippen LogP) is 2.51. The molecule has 1 unspecified atom stereocenters. The Labute approximate surface area is 97.0 Å². The van der Waals surface area contributed by atoms with E-state index in [1.54, 1.807) is 0 Å². The van der Waals surface area contributed by atoms with Crippen LogP contribution in [0.3, 0.4) is 0 Å². The van der Waals surface area contributed by atoms with E-state index in [1.165, 1.54) is 24.0 Å². The Hall–Kier alpha value is -1.15. The van der Waals surface area contributed by atoms with Crippen LogP contribution in [0.2, 0.25) is 0 Å². The van der Waals surface area contributed by atoms with E-state index in [4.69, 9.17) is 0 Å². The largest absolute Gasteiger partial charge is 0.278 e. The Kier molecular flexibility index (Phi) is 2.75. The number of hydrogen-bond donors (Lipinski definition) is 0. The molecule has 0 spiro atoms. The number of fused-ring (bicyclic) bond motifs is 1. The van der Waals surface area contributed by atoms with Crippen molar-refractivity contribution in [3.05, 3.63) is 41.9 Å². The molecule has 82 valence electrons. The molecular formula is C14H16N2. The van der Waals surface area contributed by atoms with Gasteiger partial charge in [0, 0.05) is 12.8 Å². The molecule has 0 aliphatic carbocycles. The Morgan fingerprint density at radius 2 is 2.25 bits per heavy atom. The quantitative estimate of drug-likeness (QED) is 0.698. The maximum Gasteiger partial charge on any atom is 0.102 e. The van der Waals surface area contributed by atoms with Crippen LogP contribution in [-0.4, -0.2) is 23.8 Å². The highest BCUT2D eigenvalue weighted by Crippen LogP contribution is 2.25. The molecule has 0 fully saturated rings. The first kappa shape index (κ1) is 10.0. The molecule has 16 heavy (non-hydrogen) atoms. The lowest BCUT2D eigenvalue weighted by Gasteiger charge is -2.33. The standard InChI is InChI=1S/C14H16N2/c1-2-6-13-11-16(10-8-12(13)5-1)14-7-3-4-9-15-14/h1-2,5-6,9,14H,3-4,7-8,10H2. The summed E-state index contributed by atoms with van der Waals surface area (Å²) >= 11 is 0. The highest BCUT2D eigenvalue weighted by Gasteiger charge is 2.24. The van der Waals surface area contributed by atoms with Crippen LogP contribution < -0.4 is 0 Å². The summed E-state index contributed by atoms with van der Waals surface area (Å²) in [5.41, 5.74) is 2.66. The molecule has 0 aromatic heterocycles. The molecule has 2 heteroatoms. The lowest BCUT2D eigenvalue weighted by atomic mass is 9.98. The van der Waals surface area contributed by atoms with Crippen LogP contribution in [0.15, 0.2) is 29.3 Å². The molecule has 2 heterocycles. The number of hydrogen-bond acceptors (Lipinski definition) is 2. The van der Waals surface area contributed by atoms with Gasteiger partial charge < -0.3 is 0 Å². The van der Waals surface area contributed by atoms with Gasteiger partial charge in [0.1, 0.15) is 6.17 Å². The van der Waals surface area contributed by atoms with Gasteiger partial charge in [0.2, 0.25) is 0 Å². The van der Waals surface area contributed by atoms with Gasteiger partial charge in [-0.2, -0.15) is 0 Å². The minimum Gasteiger partial charge on any atom is -0.278 e. The van der Waals surface area contributed by atoms with Gasteiger partial charge in [-0.05, 0) is 36.8 Å². The number of aliphatic imine (C=N–C) groups is 1. The fraction of sp³-hybridized carbons (Fsp3) is 0.429. The fourth-order valence-electron chi connectivity index (χ4n) is 2.42. The van der Waals surface area contributed by atoms with Crippen LogP contribution in [0.4, 0.5) is 0 Å².